The van der Waals surface area contributed by atoms with E-state index in [2.05, 4.69) is 47.7 Å². The Bertz CT molecular complexity index is 489. The van der Waals surface area contributed by atoms with Gasteiger partial charge in [0.05, 0.1) is 0 Å². The molecule has 0 aliphatic heterocycles. The fourth-order valence-electron chi connectivity index (χ4n) is 2.29. The number of allylic oxidation sites excluding steroid dienone is 1. The van der Waals surface area contributed by atoms with Crippen molar-refractivity contribution in [2.75, 3.05) is 6.61 Å². The predicted molar refractivity (Wildman–Crippen MR) is 111 cm³/mol. The van der Waals surface area contributed by atoms with Crippen LogP contribution in [-0.2, 0) is 18.8 Å². The molecular formula is C21H40O4Si. The molecule has 5 heteroatoms. The van der Waals surface area contributed by atoms with E-state index in [0.29, 0.717) is 12.3 Å². The Kier molecular flexibility index (Phi) is 10.6. The molecule has 0 aromatic rings. The number of ether oxygens (including phenoxy) is 1. The second-order valence-corrected chi connectivity index (χ2v) is 13.9. The van der Waals surface area contributed by atoms with Crippen molar-refractivity contribution in [2.24, 2.45) is 5.92 Å². The van der Waals surface area contributed by atoms with Crippen LogP contribution in [0.2, 0.25) is 18.1 Å². The summed E-state index contributed by atoms with van der Waals surface area (Å²) in [5, 5.41) is 0.251. The zero-order valence-corrected chi connectivity index (χ0v) is 19.4. The quantitative estimate of drug-likeness (QED) is 0.261. The number of Topliss-reactive ketones (excluding diaryl/α,β-unsaturated/α-hetero) is 1. The van der Waals surface area contributed by atoms with E-state index in [4.69, 9.17) is 9.16 Å². The van der Waals surface area contributed by atoms with Crippen molar-refractivity contribution in [1.29, 1.82) is 0 Å². The molecule has 152 valence electrons. The molecule has 2 unspecified atom stereocenters. The van der Waals surface area contributed by atoms with E-state index in [1.165, 1.54) is 19.4 Å². The van der Waals surface area contributed by atoms with Gasteiger partial charge >= 0.3 is 5.97 Å². The topological polar surface area (TPSA) is 52.6 Å². The molecule has 0 saturated heterocycles. The number of hydrogen-bond donors (Lipinski definition) is 0. The molecule has 0 amide bonds. The summed E-state index contributed by atoms with van der Waals surface area (Å²) in [6.45, 7) is 19.3. The first-order valence-corrected chi connectivity index (χ1v) is 12.6. The molecule has 0 aromatic heterocycles. The van der Waals surface area contributed by atoms with Gasteiger partial charge < -0.3 is 9.16 Å². The molecule has 0 aliphatic carbocycles. The molecule has 26 heavy (non-hydrogen) atoms. The van der Waals surface area contributed by atoms with Crippen LogP contribution >= 0.6 is 0 Å². The third-order valence-electron chi connectivity index (χ3n) is 5.24. The first-order valence-electron chi connectivity index (χ1n) is 9.73. The lowest BCUT2D eigenvalue weighted by Gasteiger charge is -2.37. The molecule has 0 bridgehead atoms. The van der Waals surface area contributed by atoms with Gasteiger partial charge in [-0.15, -0.1) is 0 Å². The van der Waals surface area contributed by atoms with E-state index in [1.54, 1.807) is 0 Å². The van der Waals surface area contributed by atoms with E-state index in [0.717, 1.165) is 25.9 Å². The molecule has 0 fully saturated rings. The molecular weight excluding hydrogens is 344 g/mol. The standard InChI is InChI=1S/C21H40O4Si/c1-16(13-14-20(18(3)22)25-19(4)23)11-10-12-17(2)15-24-26(8,9)21(5,6)7/h13,17,20H,10-12,14-15H2,1-9H3/b16-13+. The second-order valence-electron chi connectivity index (χ2n) is 9.06. The Morgan fingerprint density at radius 2 is 1.69 bits per heavy atom. The summed E-state index contributed by atoms with van der Waals surface area (Å²) in [6, 6.07) is 0. The lowest BCUT2D eigenvalue weighted by molar-refractivity contribution is -0.152. The van der Waals surface area contributed by atoms with E-state index in [-0.39, 0.29) is 10.8 Å². The zero-order chi connectivity index (χ0) is 20.5. The Labute approximate surface area is 161 Å². The van der Waals surface area contributed by atoms with Gasteiger partial charge in [0.1, 0.15) is 0 Å². The van der Waals surface area contributed by atoms with Crippen LogP contribution in [0.25, 0.3) is 0 Å². The van der Waals surface area contributed by atoms with E-state index in [1.807, 2.05) is 6.08 Å². The highest BCUT2D eigenvalue weighted by Gasteiger charge is 2.37. The number of carbonyl (C=O) groups is 2. The summed E-state index contributed by atoms with van der Waals surface area (Å²) >= 11 is 0. The smallest absolute Gasteiger partial charge is 0.303 e. The third kappa shape index (κ3) is 10.3. The third-order valence-corrected chi connectivity index (χ3v) is 9.75. The summed E-state index contributed by atoms with van der Waals surface area (Å²) in [7, 11) is -1.66. The van der Waals surface area contributed by atoms with Gasteiger partial charge in [0.15, 0.2) is 20.2 Å². The maximum Gasteiger partial charge on any atom is 0.303 e. The van der Waals surface area contributed by atoms with Gasteiger partial charge in [-0.05, 0) is 57.2 Å². The van der Waals surface area contributed by atoms with E-state index < -0.39 is 20.4 Å². The number of ketones is 1. The molecule has 0 radical (unpaired) electrons. The zero-order valence-electron chi connectivity index (χ0n) is 18.4. The highest BCUT2D eigenvalue weighted by molar-refractivity contribution is 6.74. The minimum absolute atomic E-state index is 0.111. The number of esters is 1. The summed E-state index contributed by atoms with van der Waals surface area (Å²) in [6.07, 6.45) is 5.05. The molecule has 4 nitrogen and oxygen atoms in total. The van der Waals surface area contributed by atoms with E-state index in [9.17, 15) is 9.59 Å². The molecule has 0 saturated carbocycles. The summed E-state index contributed by atoms with van der Waals surface area (Å²) in [4.78, 5) is 22.5. The molecule has 0 aromatic carbocycles. The normalized spacial score (nSPS) is 15.5. The fourth-order valence-corrected chi connectivity index (χ4v) is 3.42. The van der Waals surface area contributed by atoms with Crippen molar-refractivity contribution in [3.05, 3.63) is 11.6 Å². The summed E-state index contributed by atoms with van der Waals surface area (Å²) in [5.74, 6) is 0.0235. The molecule has 2 atom stereocenters. The van der Waals surface area contributed by atoms with Crippen LogP contribution in [0.4, 0.5) is 0 Å². The lowest BCUT2D eigenvalue weighted by Crippen LogP contribution is -2.41. The van der Waals surface area contributed by atoms with Gasteiger partial charge in [-0.2, -0.15) is 0 Å². The van der Waals surface area contributed by atoms with Crippen LogP contribution in [0, 0.1) is 5.92 Å². The monoisotopic (exact) mass is 384 g/mol. The Morgan fingerprint density at radius 1 is 1.12 bits per heavy atom. The first kappa shape index (κ1) is 25.1. The van der Waals surface area contributed by atoms with Crippen LogP contribution in [-0.4, -0.2) is 32.8 Å². The van der Waals surface area contributed by atoms with Crippen LogP contribution in [0.15, 0.2) is 11.6 Å². The molecule has 0 spiro atoms. The Balaban J connectivity index is 4.25. The van der Waals surface area contributed by atoms with Crippen molar-refractivity contribution in [2.45, 2.75) is 98.4 Å². The second kappa shape index (κ2) is 11.0. The molecule has 0 rings (SSSR count). The number of hydrogen-bond acceptors (Lipinski definition) is 4. The van der Waals surface area contributed by atoms with Crippen LogP contribution < -0.4 is 0 Å². The first-order chi connectivity index (χ1) is 11.8. The van der Waals surface area contributed by atoms with Crippen molar-refractivity contribution < 1.29 is 18.8 Å². The van der Waals surface area contributed by atoms with Gasteiger partial charge in [0, 0.05) is 20.0 Å². The van der Waals surface area contributed by atoms with Gasteiger partial charge in [0.2, 0.25) is 0 Å². The van der Waals surface area contributed by atoms with Crippen molar-refractivity contribution in [1.82, 2.24) is 0 Å². The molecule has 0 aliphatic rings. The van der Waals surface area contributed by atoms with Crippen molar-refractivity contribution in [3.8, 4) is 0 Å². The van der Waals surface area contributed by atoms with Gasteiger partial charge in [-0.25, -0.2) is 0 Å². The Hall–Kier alpha value is -0.943. The van der Waals surface area contributed by atoms with E-state index >= 15 is 0 Å². The van der Waals surface area contributed by atoms with Crippen molar-refractivity contribution >= 4 is 20.1 Å². The maximum absolute atomic E-state index is 11.5. The largest absolute Gasteiger partial charge is 0.454 e. The van der Waals surface area contributed by atoms with Crippen LogP contribution in [0.3, 0.4) is 0 Å². The van der Waals surface area contributed by atoms with Crippen LogP contribution in [0.1, 0.15) is 74.1 Å². The lowest BCUT2D eigenvalue weighted by atomic mass is 10.0. The summed E-state index contributed by atoms with van der Waals surface area (Å²) in [5.41, 5.74) is 1.24. The minimum Gasteiger partial charge on any atom is -0.454 e. The minimum atomic E-state index is -1.66. The molecule has 0 heterocycles. The summed E-state index contributed by atoms with van der Waals surface area (Å²) < 4.78 is 11.3. The number of rotatable bonds is 11. The highest BCUT2D eigenvalue weighted by atomic mass is 28.4. The SMILES string of the molecule is CC(=O)OC(C/C=C(\C)CCCC(C)CO[Si](C)(C)C(C)(C)C)C(C)=O. The average Bonchev–Trinajstić information content (AvgIpc) is 2.47. The van der Waals surface area contributed by atoms with Crippen molar-refractivity contribution in [3.63, 3.8) is 0 Å². The number of carbonyl (C=O) groups excluding carboxylic acids is 2. The predicted octanol–water partition coefficient (Wildman–Crippen LogP) is 5.67. The fraction of sp³-hybridized carbons (Fsp3) is 0.810. The maximum atomic E-state index is 11.5. The average molecular weight is 385 g/mol. The van der Waals surface area contributed by atoms with Gasteiger partial charge in [0.25, 0.3) is 0 Å². The highest BCUT2D eigenvalue weighted by Crippen LogP contribution is 2.36. The van der Waals surface area contributed by atoms with Gasteiger partial charge in [-0.3, -0.25) is 9.59 Å². The molecule has 0 N–H and O–H groups in total. The van der Waals surface area contributed by atoms with Gasteiger partial charge in [-0.1, -0.05) is 39.3 Å². The van der Waals surface area contributed by atoms with Crippen LogP contribution in [0.5, 0.6) is 0 Å². The Morgan fingerprint density at radius 3 is 2.15 bits per heavy atom.